The average Bonchev–Trinajstić information content (AvgIpc) is 3.20. The van der Waals surface area contributed by atoms with Crippen molar-refractivity contribution in [3.63, 3.8) is 0 Å². The van der Waals surface area contributed by atoms with Gasteiger partial charge < -0.3 is 10.6 Å². The number of thiophene rings is 1. The third kappa shape index (κ3) is 5.39. The number of amides is 1. The first-order chi connectivity index (χ1) is 16.9. The molecule has 2 aromatic heterocycles. The van der Waals surface area contributed by atoms with Crippen molar-refractivity contribution in [1.82, 2.24) is 10.3 Å². The van der Waals surface area contributed by atoms with Gasteiger partial charge in [0.05, 0.1) is 21.5 Å². The van der Waals surface area contributed by atoms with Gasteiger partial charge in [0.1, 0.15) is 4.83 Å². The highest BCUT2D eigenvalue weighted by atomic mass is 32.1. The minimum absolute atomic E-state index is 0.0528. The molecule has 2 heterocycles. The van der Waals surface area contributed by atoms with Crippen LogP contribution in [0.15, 0.2) is 60.7 Å². The van der Waals surface area contributed by atoms with Crippen molar-refractivity contribution in [2.24, 2.45) is 0 Å². The SMILES string of the molecule is CCCCN[C@H](c1ccccc1)c1sc2nc(C)cc(C)c2c1NC(=O)c1ccc([N+](=O)[O-])cc1. The molecule has 0 spiro atoms. The highest BCUT2D eigenvalue weighted by Gasteiger charge is 2.25. The lowest BCUT2D eigenvalue weighted by Gasteiger charge is -2.20. The fourth-order valence-corrected chi connectivity index (χ4v) is 5.49. The normalized spacial score (nSPS) is 12.0. The number of hydrogen-bond donors (Lipinski definition) is 2. The van der Waals surface area contributed by atoms with Crippen LogP contribution in [0.5, 0.6) is 0 Å². The number of carbonyl (C=O) groups excluding carboxylic acids is 1. The van der Waals surface area contributed by atoms with Crippen molar-refractivity contribution in [3.8, 4) is 0 Å². The number of pyridine rings is 1. The predicted molar refractivity (Wildman–Crippen MR) is 141 cm³/mol. The fraction of sp³-hybridized carbons (Fsp3) is 0.259. The van der Waals surface area contributed by atoms with E-state index in [2.05, 4.69) is 29.7 Å². The first kappa shape index (κ1) is 24.5. The molecule has 4 aromatic rings. The molecule has 35 heavy (non-hydrogen) atoms. The molecule has 1 atom stereocenters. The minimum Gasteiger partial charge on any atom is -0.320 e. The summed E-state index contributed by atoms with van der Waals surface area (Å²) in [6.45, 7) is 6.99. The number of benzene rings is 2. The molecule has 4 rings (SSSR count). The number of nitro benzene ring substituents is 1. The van der Waals surface area contributed by atoms with Crippen LogP contribution in [0.25, 0.3) is 10.2 Å². The van der Waals surface area contributed by atoms with Crippen LogP contribution < -0.4 is 10.6 Å². The molecule has 1 amide bonds. The number of nitrogens with zero attached hydrogens (tertiary/aromatic N) is 2. The summed E-state index contributed by atoms with van der Waals surface area (Å²) in [6, 6.07) is 17.7. The number of hydrogen-bond acceptors (Lipinski definition) is 6. The lowest BCUT2D eigenvalue weighted by Crippen LogP contribution is -2.24. The van der Waals surface area contributed by atoms with E-state index in [4.69, 9.17) is 4.98 Å². The topological polar surface area (TPSA) is 97.2 Å². The Morgan fingerprint density at radius 3 is 2.49 bits per heavy atom. The van der Waals surface area contributed by atoms with Gasteiger partial charge in [-0.15, -0.1) is 11.3 Å². The van der Waals surface area contributed by atoms with Crippen LogP contribution in [0, 0.1) is 24.0 Å². The quantitative estimate of drug-likeness (QED) is 0.158. The van der Waals surface area contributed by atoms with Crippen molar-refractivity contribution in [2.45, 2.75) is 39.7 Å². The highest BCUT2D eigenvalue weighted by molar-refractivity contribution is 7.19. The summed E-state index contributed by atoms with van der Waals surface area (Å²) in [5.41, 5.74) is 4.10. The minimum atomic E-state index is -0.476. The molecule has 2 aromatic carbocycles. The number of nitro groups is 1. The van der Waals surface area contributed by atoms with Crippen LogP contribution in [0.2, 0.25) is 0 Å². The molecular weight excluding hydrogens is 460 g/mol. The summed E-state index contributed by atoms with van der Waals surface area (Å²) in [6.07, 6.45) is 2.11. The van der Waals surface area contributed by atoms with Crippen molar-refractivity contribution in [2.75, 3.05) is 11.9 Å². The lowest BCUT2D eigenvalue weighted by molar-refractivity contribution is -0.384. The van der Waals surface area contributed by atoms with E-state index in [0.29, 0.717) is 5.56 Å². The molecule has 0 saturated heterocycles. The van der Waals surface area contributed by atoms with Gasteiger partial charge >= 0.3 is 0 Å². The molecule has 0 unspecified atom stereocenters. The molecule has 180 valence electrons. The molecule has 0 aliphatic heterocycles. The van der Waals surface area contributed by atoms with Crippen LogP contribution in [0.1, 0.15) is 57.9 Å². The van der Waals surface area contributed by atoms with E-state index in [-0.39, 0.29) is 17.6 Å². The molecule has 0 bridgehead atoms. The second-order valence-corrected chi connectivity index (χ2v) is 9.54. The number of fused-ring (bicyclic) bond motifs is 1. The molecule has 0 aliphatic rings. The van der Waals surface area contributed by atoms with E-state index in [0.717, 1.165) is 57.0 Å². The molecule has 8 heteroatoms. The first-order valence-electron chi connectivity index (χ1n) is 11.6. The molecule has 0 fully saturated rings. The Morgan fingerprint density at radius 2 is 1.83 bits per heavy atom. The van der Waals surface area contributed by atoms with Gasteiger partial charge in [0.2, 0.25) is 0 Å². The van der Waals surface area contributed by atoms with Crippen LogP contribution in [-0.4, -0.2) is 22.4 Å². The summed E-state index contributed by atoms with van der Waals surface area (Å²) in [4.78, 5) is 30.4. The maximum Gasteiger partial charge on any atom is 0.269 e. The summed E-state index contributed by atoms with van der Waals surface area (Å²) in [5, 5.41) is 18.7. The van der Waals surface area contributed by atoms with Crippen molar-refractivity contribution in [3.05, 3.63) is 98.0 Å². The number of aryl methyl sites for hydroxylation is 2. The Morgan fingerprint density at radius 1 is 1.11 bits per heavy atom. The van der Waals surface area contributed by atoms with Gasteiger partial charge in [-0.05, 0) is 56.1 Å². The van der Waals surface area contributed by atoms with E-state index < -0.39 is 4.92 Å². The second-order valence-electron chi connectivity index (χ2n) is 8.51. The smallest absolute Gasteiger partial charge is 0.269 e. The van der Waals surface area contributed by atoms with Crippen LogP contribution in [-0.2, 0) is 0 Å². The number of non-ortho nitro benzene ring substituents is 1. The van der Waals surface area contributed by atoms with Gasteiger partial charge in [-0.25, -0.2) is 4.98 Å². The number of carbonyl (C=O) groups is 1. The Hall–Kier alpha value is -3.62. The Balaban J connectivity index is 1.81. The average molecular weight is 489 g/mol. The standard InChI is InChI=1S/C27H28N4O3S/c1-4-5-15-28-23(19-9-7-6-8-10-19)25-24(22-17(2)16-18(3)29-27(22)35-25)30-26(32)20-11-13-21(14-12-20)31(33)34/h6-14,16,23,28H,4-5,15H2,1-3H3,(H,30,32)/t23-/m1/s1. The van der Waals surface area contributed by atoms with Crippen LogP contribution in [0.3, 0.4) is 0 Å². The summed E-state index contributed by atoms with van der Waals surface area (Å²) >= 11 is 1.58. The van der Waals surface area contributed by atoms with Gasteiger partial charge in [-0.3, -0.25) is 14.9 Å². The molecule has 0 saturated carbocycles. The molecule has 2 N–H and O–H groups in total. The van der Waals surface area contributed by atoms with E-state index in [1.807, 2.05) is 38.1 Å². The maximum absolute atomic E-state index is 13.3. The molecule has 7 nitrogen and oxygen atoms in total. The van der Waals surface area contributed by atoms with E-state index in [1.54, 1.807) is 11.3 Å². The fourth-order valence-electron chi connectivity index (χ4n) is 4.14. The molecule has 0 aliphatic carbocycles. The Labute approximate surface area is 208 Å². The summed E-state index contributed by atoms with van der Waals surface area (Å²) in [5.74, 6) is -0.318. The van der Waals surface area contributed by atoms with Gasteiger partial charge in [0.25, 0.3) is 11.6 Å². The zero-order valence-corrected chi connectivity index (χ0v) is 20.8. The second kappa shape index (κ2) is 10.8. The van der Waals surface area contributed by atoms with Crippen LogP contribution in [0.4, 0.5) is 11.4 Å². The third-order valence-electron chi connectivity index (χ3n) is 5.87. The number of anilines is 1. The first-order valence-corrected chi connectivity index (χ1v) is 12.5. The van der Waals surface area contributed by atoms with E-state index in [9.17, 15) is 14.9 Å². The molecular formula is C27H28N4O3S. The van der Waals surface area contributed by atoms with E-state index in [1.165, 1.54) is 24.3 Å². The largest absolute Gasteiger partial charge is 0.320 e. The Bertz CT molecular complexity index is 1350. The predicted octanol–water partition coefficient (Wildman–Crippen LogP) is 6.55. The van der Waals surface area contributed by atoms with Gasteiger partial charge in [0.15, 0.2) is 0 Å². The van der Waals surface area contributed by atoms with Gasteiger partial charge in [-0.2, -0.15) is 0 Å². The number of rotatable bonds is 9. The molecule has 0 radical (unpaired) electrons. The van der Waals surface area contributed by atoms with Crippen molar-refractivity contribution >= 4 is 38.8 Å². The number of aromatic nitrogens is 1. The third-order valence-corrected chi connectivity index (χ3v) is 7.02. The number of unbranched alkanes of at least 4 members (excludes halogenated alkanes) is 1. The van der Waals surface area contributed by atoms with E-state index >= 15 is 0 Å². The highest BCUT2D eigenvalue weighted by Crippen LogP contribution is 2.42. The Kier molecular flexibility index (Phi) is 7.53. The van der Waals surface area contributed by atoms with Crippen molar-refractivity contribution in [1.29, 1.82) is 0 Å². The maximum atomic E-state index is 13.3. The van der Waals surface area contributed by atoms with Crippen molar-refractivity contribution < 1.29 is 9.72 Å². The summed E-state index contributed by atoms with van der Waals surface area (Å²) < 4.78 is 0. The zero-order chi connectivity index (χ0) is 24.9. The number of nitrogens with one attached hydrogen (secondary N) is 2. The monoisotopic (exact) mass is 488 g/mol. The summed E-state index contributed by atoms with van der Waals surface area (Å²) in [7, 11) is 0. The van der Waals surface area contributed by atoms with Gasteiger partial charge in [0, 0.05) is 28.8 Å². The lowest BCUT2D eigenvalue weighted by atomic mass is 10.0. The van der Waals surface area contributed by atoms with Gasteiger partial charge in [-0.1, -0.05) is 43.7 Å². The van der Waals surface area contributed by atoms with Crippen LogP contribution >= 0.6 is 11.3 Å². The zero-order valence-electron chi connectivity index (χ0n) is 20.0.